The fourth-order valence-electron chi connectivity index (χ4n) is 5.10. The maximum absolute atomic E-state index is 14.2. The van der Waals surface area contributed by atoms with Gasteiger partial charge in [0.05, 0.1) is 17.5 Å². The summed E-state index contributed by atoms with van der Waals surface area (Å²) in [5.41, 5.74) is -0.474. The van der Waals surface area contributed by atoms with Crippen molar-refractivity contribution in [3.05, 3.63) is 24.0 Å². The Balaban J connectivity index is 1.23. The van der Waals surface area contributed by atoms with Crippen LogP contribution in [0.25, 0.3) is 0 Å². The van der Waals surface area contributed by atoms with E-state index in [4.69, 9.17) is 9.47 Å². The molecule has 0 radical (unpaired) electrons. The van der Waals surface area contributed by atoms with Crippen LogP contribution in [0.2, 0.25) is 0 Å². The van der Waals surface area contributed by atoms with E-state index in [2.05, 4.69) is 4.90 Å². The van der Waals surface area contributed by atoms with Crippen LogP contribution in [-0.2, 0) is 14.6 Å². The second-order valence-electron chi connectivity index (χ2n) is 10.6. The summed E-state index contributed by atoms with van der Waals surface area (Å²) >= 11 is 0. The summed E-state index contributed by atoms with van der Waals surface area (Å²) in [4.78, 5) is 16.9. The van der Waals surface area contributed by atoms with E-state index < -0.39 is 21.3 Å². The van der Waals surface area contributed by atoms with Crippen LogP contribution in [0.4, 0.5) is 9.18 Å². The van der Waals surface area contributed by atoms with Crippen molar-refractivity contribution in [2.45, 2.75) is 81.5 Å². The molecule has 7 nitrogen and oxygen atoms in total. The number of benzene rings is 1. The van der Waals surface area contributed by atoms with Gasteiger partial charge in [0.1, 0.15) is 5.60 Å². The fraction of sp³-hybridized carbons (Fsp3) is 0.708. The third-order valence-electron chi connectivity index (χ3n) is 6.87. The van der Waals surface area contributed by atoms with Gasteiger partial charge in [-0.3, -0.25) is 4.90 Å². The van der Waals surface area contributed by atoms with E-state index >= 15 is 0 Å². The monoisotopic (exact) mass is 482 g/mol. The zero-order chi connectivity index (χ0) is 24.0. The number of fused-ring (bicyclic) bond motifs is 1. The topological polar surface area (TPSA) is 76.2 Å². The van der Waals surface area contributed by atoms with Gasteiger partial charge in [-0.15, -0.1) is 0 Å². The molecule has 1 saturated heterocycles. The van der Waals surface area contributed by atoms with E-state index in [1.165, 1.54) is 12.1 Å². The SMILES string of the molecule is CC(C)(C)OC(=O)N1CCN([C@H]2CC[C@H](COc3ccc(S(C)(=O)=O)cc3F)CC2)[C@@H]2C[C@@H]21. The molecule has 0 spiro atoms. The molecule has 1 heterocycles. The number of hydrogen-bond acceptors (Lipinski definition) is 6. The summed E-state index contributed by atoms with van der Waals surface area (Å²) < 4.78 is 48.6. The van der Waals surface area contributed by atoms with Crippen molar-refractivity contribution in [3.63, 3.8) is 0 Å². The number of hydrogen-bond donors (Lipinski definition) is 0. The van der Waals surface area contributed by atoms with Gasteiger partial charge in [-0.1, -0.05) is 0 Å². The molecule has 0 N–H and O–H groups in total. The standard InChI is InChI=1S/C24H35FN2O5S/c1-24(2,3)32-23(28)27-12-11-26(20-14-21(20)27)17-7-5-16(6-8-17)15-31-22-10-9-18(13-19(22)25)33(4,29)30/h9-10,13,16-17,20-21H,5-8,11-12,14-15H2,1-4H3/t16-,17-,20-,21+/m1/s1. The first-order chi connectivity index (χ1) is 15.4. The van der Waals surface area contributed by atoms with Crippen molar-refractivity contribution in [2.24, 2.45) is 5.92 Å². The number of rotatable bonds is 5. The Kier molecular flexibility index (Phi) is 6.66. The van der Waals surface area contributed by atoms with Crippen LogP contribution in [0.1, 0.15) is 52.9 Å². The number of nitrogens with zero attached hydrogens (tertiary/aromatic N) is 2. The zero-order valence-electron chi connectivity index (χ0n) is 19.9. The van der Waals surface area contributed by atoms with Crippen molar-refractivity contribution in [3.8, 4) is 5.75 Å². The van der Waals surface area contributed by atoms with Crippen molar-refractivity contribution in [1.82, 2.24) is 9.80 Å². The lowest BCUT2D eigenvalue weighted by Gasteiger charge is -2.41. The van der Waals surface area contributed by atoms with Crippen molar-refractivity contribution < 1.29 is 27.1 Å². The number of piperazine rings is 1. The molecule has 0 bridgehead atoms. The van der Waals surface area contributed by atoms with Crippen LogP contribution < -0.4 is 4.74 Å². The molecule has 33 heavy (non-hydrogen) atoms. The van der Waals surface area contributed by atoms with Gasteiger partial charge in [0.2, 0.25) is 0 Å². The molecule has 3 aliphatic rings. The highest BCUT2D eigenvalue weighted by Crippen LogP contribution is 2.41. The Labute approximate surface area is 196 Å². The summed E-state index contributed by atoms with van der Waals surface area (Å²) in [7, 11) is -3.44. The molecule has 0 unspecified atom stereocenters. The van der Waals surface area contributed by atoms with E-state index in [-0.39, 0.29) is 22.8 Å². The summed E-state index contributed by atoms with van der Waals surface area (Å²) in [5.74, 6) is -0.189. The molecule has 1 aromatic carbocycles. The Morgan fingerprint density at radius 2 is 1.82 bits per heavy atom. The second kappa shape index (κ2) is 9.06. The molecular formula is C24H35FN2O5S. The number of sulfone groups is 1. The predicted octanol–water partition coefficient (Wildman–Crippen LogP) is 3.86. The second-order valence-corrected chi connectivity index (χ2v) is 12.6. The number of carbonyl (C=O) groups is 1. The Bertz CT molecular complexity index is 985. The first-order valence-corrected chi connectivity index (χ1v) is 13.7. The van der Waals surface area contributed by atoms with Crippen LogP contribution in [0.3, 0.4) is 0 Å². The Morgan fingerprint density at radius 1 is 1.12 bits per heavy atom. The molecule has 2 aliphatic carbocycles. The van der Waals surface area contributed by atoms with Gasteiger partial charge in [-0.25, -0.2) is 17.6 Å². The van der Waals surface area contributed by atoms with Gasteiger partial charge < -0.3 is 14.4 Å². The lowest BCUT2D eigenvalue weighted by atomic mass is 9.85. The van der Waals surface area contributed by atoms with Gasteiger partial charge >= 0.3 is 6.09 Å². The summed E-state index contributed by atoms with van der Waals surface area (Å²) in [6.07, 6.45) is 6.03. The maximum Gasteiger partial charge on any atom is 0.410 e. The van der Waals surface area contributed by atoms with Gasteiger partial charge in [0.25, 0.3) is 0 Å². The lowest BCUT2D eigenvalue weighted by Crippen LogP contribution is -2.53. The first kappa shape index (κ1) is 24.3. The number of carbonyl (C=O) groups excluding carboxylic acids is 1. The smallest absolute Gasteiger partial charge is 0.410 e. The van der Waals surface area contributed by atoms with Gasteiger partial charge in [-0.05, 0) is 77.0 Å². The average Bonchev–Trinajstić information content (AvgIpc) is 3.51. The Morgan fingerprint density at radius 3 is 2.42 bits per heavy atom. The highest BCUT2D eigenvalue weighted by Gasteiger charge is 2.53. The molecule has 4 rings (SSSR count). The molecule has 1 aliphatic heterocycles. The number of amides is 1. The number of ether oxygens (including phenoxy) is 2. The quantitative estimate of drug-likeness (QED) is 0.634. The van der Waals surface area contributed by atoms with Crippen LogP contribution in [-0.4, -0.2) is 74.0 Å². The summed E-state index contributed by atoms with van der Waals surface area (Å²) in [6.45, 7) is 7.71. The normalized spacial score (nSPS) is 28.2. The highest BCUT2D eigenvalue weighted by atomic mass is 32.2. The zero-order valence-corrected chi connectivity index (χ0v) is 20.7. The molecule has 3 fully saturated rings. The van der Waals surface area contributed by atoms with Gasteiger partial charge in [0, 0.05) is 31.4 Å². The van der Waals surface area contributed by atoms with E-state index in [0.29, 0.717) is 31.2 Å². The van der Waals surface area contributed by atoms with Crippen LogP contribution in [0.5, 0.6) is 5.75 Å². The minimum absolute atomic E-state index is 0.0435. The molecular weight excluding hydrogens is 447 g/mol. The summed E-state index contributed by atoms with van der Waals surface area (Å²) in [6, 6.07) is 5.02. The van der Waals surface area contributed by atoms with Crippen LogP contribution in [0.15, 0.2) is 23.1 Å². The van der Waals surface area contributed by atoms with Crippen LogP contribution >= 0.6 is 0 Å². The number of halogens is 1. The van der Waals surface area contributed by atoms with Crippen molar-refractivity contribution in [1.29, 1.82) is 0 Å². The molecule has 1 amide bonds. The Hall–Kier alpha value is -1.87. The van der Waals surface area contributed by atoms with Crippen LogP contribution in [0, 0.1) is 11.7 Å². The van der Waals surface area contributed by atoms with E-state index in [0.717, 1.165) is 51.0 Å². The maximum atomic E-state index is 14.2. The summed E-state index contributed by atoms with van der Waals surface area (Å²) in [5, 5.41) is 0. The average molecular weight is 483 g/mol. The molecule has 9 heteroatoms. The first-order valence-electron chi connectivity index (χ1n) is 11.8. The van der Waals surface area contributed by atoms with Gasteiger partial charge in [-0.2, -0.15) is 0 Å². The van der Waals surface area contributed by atoms with Crippen molar-refractivity contribution >= 4 is 15.9 Å². The van der Waals surface area contributed by atoms with Crippen molar-refractivity contribution in [2.75, 3.05) is 26.0 Å². The molecule has 1 aromatic rings. The molecule has 2 saturated carbocycles. The largest absolute Gasteiger partial charge is 0.490 e. The molecule has 0 aromatic heterocycles. The van der Waals surface area contributed by atoms with Gasteiger partial charge in [0.15, 0.2) is 21.4 Å². The third kappa shape index (κ3) is 5.80. The third-order valence-corrected chi connectivity index (χ3v) is 7.98. The lowest BCUT2D eigenvalue weighted by molar-refractivity contribution is 0.00528. The van der Waals surface area contributed by atoms with E-state index in [9.17, 15) is 17.6 Å². The minimum atomic E-state index is -3.44. The predicted molar refractivity (Wildman–Crippen MR) is 123 cm³/mol. The minimum Gasteiger partial charge on any atom is -0.490 e. The van der Waals surface area contributed by atoms with E-state index in [1.807, 2.05) is 25.7 Å². The molecule has 184 valence electrons. The highest BCUT2D eigenvalue weighted by molar-refractivity contribution is 7.90. The van der Waals surface area contributed by atoms with E-state index in [1.54, 1.807) is 0 Å². The fourth-order valence-corrected chi connectivity index (χ4v) is 5.73. The molecule has 2 atom stereocenters.